The molecule has 1 aliphatic heterocycles. The Hall–Kier alpha value is -2.94. The average molecular weight is 297 g/mol. The van der Waals surface area contributed by atoms with Crippen LogP contribution in [-0.2, 0) is 4.79 Å². The number of carbonyl (C=O) groups is 1. The first-order valence-corrected chi connectivity index (χ1v) is 6.88. The molecule has 0 bridgehead atoms. The van der Waals surface area contributed by atoms with Crippen LogP contribution in [0.3, 0.4) is 0 Å². The first-order valence-electron chi connectivity index (χ1n) is 6.88. The van der Waals surface area contributed by atoms with Crippen molar-refractivity contribution in [3.8, 4) is 23.3 Å². The maximum Gasteiger partial charge on any atom is 0.300 e. The normalized spacial score (nSPS) is 12.0. The van der Waals surface area contributed by atoms with Crippen LogP contribution < -0.4 is 14.8 Å². The van der Waals surface area contributed by atoms with Gasteiger partial charge in [0.05, 0.1) is 11.9 Å². The topological polar surface area (TPSA) is 65.4 Å². The van der Waals surface area contributed by atoms with Crippen LogP contribution in [0, 0.1) is 11.8 Å². The molecule has 1 amide bonds. The van der Waals surface area contributed by atoms with E-state index in [1.165, 1.54) is 0 Å². The fourth-order valence-electron chi connectivity index (χ4n) is 1.95. The van der Waals surface area contributed by atoms with E-state index in [9.17, 15) is 4.79 Å². The molecule has 0 fully saturated rings. The summed E-state index contributed by atoms with van der Waals surface area (Å²) in [6.45, 7) is 4.24. The fourth-order valence-corrected chi connectivity index (χ4v) is 1.95. The number of carbonyl (C=O) groups excluding carboxylic acids is 1. The molecule has 0 aliphatic carbocycles. The smallest absolute Gasteiger partial charge is 0.300 e. The van der Waals surface area contributed by atoms with Crippen LogP contribution in [0.1, 0.15) is 25.5 Å². The summed E-state index contributed by atoms with van der Waals surface area (Å²) in [5, 5.41) is 6.84. The van der Waals surface area contributed by atoms with Gasteiger partial charge in [0.2, 0.25) is 6.79 Å². The summed E-state index contributed by atoms with van der Waals surface area (Å²) >= 11 is 0. The molecule has 0 saturated carbocycles. The van der Waals surface area contributed by atoms with Crippen LogP contribution in [0.2, 0.25) is 0 Å². The minimum Gasteiger partial charge on any atom is -0.454 e. The van der Waals surface area contributed by atoms with Gasteiger partial charge >= 0.3 is 5.91 Å². The van der Waals surface area contributed by atoms with Crippen LogP contribution >= 0.6 is 0 Å². The second-order valence-corrected chi connectivity index (χ2v) is 5.07. The Morgan fingerprint density at radius 2 is 2.18 bits per heavy atom. The van der Waals surface area contributed by atoms with Crippen LogP contribution in [0.25, 0.3) is 0 Å². The number of rotatable bonds is 2. The van der Waals surface area contributed by atoms with E-state index >= 15 is 0 Å². The summed E-state index contributed by atoms with van der Waals surface area (Å²) in [6, 6.07) is 5.55. The molecule has 0 saturated heterocycles. The number of hydrogen-bond acceptors (Lipinski definition) is 4. The van der Waals surface area contributed by atoms with Crippen LogP contribution in [-0.4, -0.2) is 22.5 Å². The molecule has 6 heteroatoms. The number of fused-ring (bicyclic) bond motifs is 1. The Kier molecular flexibility index (Phi) is 3.71. The largest absolute Gasteiger partial charge is 0.454 e. The van der Waals surface area contributed by atoms with Crippen molar-refractivity contribution in [1.29, 1.82) is 0 Å². The van der Waals surface area contributed by atoms with Gasteiger partial charge in [0.1, 0.15) is 0 Å². The Labute approximate surface area is 128 Å². The van der Waals surface area contributed by atoms with Crippen molar-refractivity contribution in [3.63, 3.8) is 0 Å². The summed E-state index contributed by atoms with van der Waals surface area (Å²) in [7, 11) is 0. The zero-order valence-corrected chi connectivity index (χ0v) is 12.3. The molecule has 22 heavy (non-hydrogen) atoms. The number of ether oxygens (including phenoxy) is 2. The minimum absolute atomic E-state index is 0.215. The van der Waals surface area contributed by atoms with Gasteiger partial charge in [0, 0.05) is 23.7 Å². The number of aromatic nitrogens is 2. The highest BCUT2D eigenvalue weighted by Crippen LogP contribution is 2.32. The molecular weight excluding hydrogens is 282 g/mol. The predicted octanol–water partition coefficient (Wildman–Crippen LogP) is 2.18. The van der Waals surface area contributed by atoms with Gasteiger partial charge in [-0.05, 0) is 32.0 Å². The molecule has 2 heterocycles. The minimum atomic E-state index is -0.388. The quantitative estimate of drug-likeness (QED) is 0.863. The maximum atomic E-state index is 11.8. The van der Waals surface area contributed by atoms with Gasteiger partial charge in [0.15, 0.2) is 11.5 Å². The number of benzene rings is 1. The van der Waals surface area contributed by atoms with Crippen molar-refractivity contribution in [3.05, 3.63) is 36.2 Å². The van der Waals surface area contributed by atoms with E-state index in [-0.39, 0.29) is 18.7 Å². The lowest BCUT2D eigenvalue weighted by Crippen LogP contribution is -2.08. The van der Waals surface area contributed by atoms with E-state index in [2.05, 4.69) is 22.3 Å². The lowest BCUT2D eigenvalue weighted by Gasteiger charge is -2.02. The van der Waals surface area contributed by atoms with Gasteiger partial charge in [0.25, 0.3) is 0 Å². The van der Waals surface area contributed by atoms with E-state index in [0.29, 0.717) is 22.7 Å². The first kappa shape index (κ1) is 14.0. The van der Waals surface area contributed by atoms with Gasteiger partial charge in [-0.1, -0.05) is 5.92 Å². The molecule has 0 unspecified atom stereocenters. The van der Waals surface area contributed by atoms with Gasteiger partial charge < -0.3 is 14.8 Å². The number of nitrogens with one attached hydrogen (secondary N) is 1. The van der Waals surface area contributed by atoms with Crippen molar-refractivity contribution in [1.82, 2.24) is 9.78 Å². The zero-order chi connectivity index (χ0) is 15.5. The van der Waals surface area contributed by atoms with Crippen molar-refractivity contribution in [2.45, 2.75) is 19.9 Å². The second kappa shape index (κ2) is 5.82. The van der Waals surface area contributed by atoms with Gasteiger partial charge in [-0.15, -0.1) is 0 Å². The second-order valence-electron chi connectivity index (χ2n) is 5.07. The third-order valence-corrected chi connectivity index (χ3v) is 3.08. The third-order valence-electron chi connectivity index (χ3n) is 3.08. The van der Waals surface area contributed by atoms with Crippen LogP contribution in [0.4, 0.5) is 5.69 Å². The molecule has 0 spiro atoms. The van der Waals surface area contributed by atoms with Crippen LogP contribution in [0.5, 0.6) is 11.5 Å². The number of amides is 1. The maximum absolute atomic E-state index is 11.8. The molecule has 1 aliphatic rings. The number of nitrogens with zero attached hydrogens (tertiary/aromatic N) is 2. The molecule has 0 atom stereocenters. The molecule has 1 aromatic heterocycles. The van der Waals surface area contributed by atoms with Gasteiger partial charge in [-0.25, -0.2) is 0 Å². The Balaban J connectivity index is 1.66. The molecule has 3 rings (SSSR count). The Morgan fingerprint density at radius 1 is 1.36 bits per heavy atom. The van der Waals surface area contributed by atoms with Crippen molar-refractivity contribution < 1.29 is 14.3 Å². The van der Waals surface area contributed by atoms with E-state index in [4.69, 9.17) is 9.47 Å². The zero-order valence-electron chi connectivity index (χ0n) is 12.3. The van der Waals surface area contributed by atoms with Crippen molar-refractivity contribution >= 4 is 11.6 Å². The highest BCUT2D eigenvalue weighted by atomic mass is 16.7. The van der Waals surface area contributed by atoms with E-state index < -0.39 is 0 Å². The van der Waals surface area contributed by atoms with Crippen molar-refractivity contribution in [2.24, 2.45) is 0 Å². The predicted molar refractivity (Wildman–Crippen MR) is 80.7 cm³/mol. The SMILES string of the molecule is CC(C)n1cc(NC(=O)C#Cc2ccc3c(c2)OCO3)cn1. The molecule has 1 N–H and O–H groups in total. The highest BCUT2D eigenvalue weighted by Gasteiger charge is 2.12. The highest BCUT2D eigenvalue weighted by molar-refractivity contribution is 6.04. The summed E-state index contributed by atoms with van der Waals surface area (Å²) < 4.78 is 12.3. The van der Waals surface area contributed by atoms with Gasteiger partial charge in [-0.3, -0.25) is 9.48 Å². The fraction of sp³-hybridized carbons (Fsp3) is 0.250. The lowest BCUT2D eigenvalue weighted by molar-refractivity contribution is -0.111. The summed E-state index contributed by atoms with van der Waals surface area (Å²) in [4.78, 5) is 11.8. The monoisotopic (exact) mass is 297 g/mol. The lowest BCUT2D eigenvalue weighted by atomic mass is 10.2. The molecule has 112 valence electrons. The molecule has 0 radical (unpaired) electrons. The summed E-state index contributed by atoms with van der Waals surface area (Å²) in [6.07, 6.45) is 3.37. The molecule has 1 aromatic carbocycles. The summed E-state index contributed by atoms with van der Waals surface area (Å²) in [5.74, 6) is 6.29. The van der Waals surface area contributed by atoms with E-state index in [0.717, 1.165) is 0 Å². The Morgan fingerprint density at radius 3 is 2.95 bits per heavy atom. The molecule has 2 aromatic rings. The van der Waals surface area contributed by atoms with E-state index in [1.54, 1.807) is 35.3 Å². The van der Waals surface area contributed by atoms with Gasteiger partial charge in [-0.2, -0.15) is 5.10 Å². The van der Waals surface area contributed by atoms with E-state index in [1.807, 2.05) is 13.8 Å². The molecular formula is C16H15N3O3. The van der Waals surface area contributed by atoms with Crippen molar-refractivity contribution in [2.75, 3.05) is 12.1 Å². The Bertz CT molecular complexity index is 768. The average Bonchev–Trinajstić information content (AvgIpc) is 3.13. The third kappa shape index (κ3) is 3.04. The number of anilines is 1. The standard InChI is InChI=1S/C16H15N3O3/c1-11(2)19-9-13(8-17-19)18-16(20)6-4-12-3-5-14-15(7-12)22-10-21-14/h3,5,7-9,11H,10H2,1-2H3,(H,18,20). The number of hydrogen-bond donors (Lipinski definition) is 1. The first-order chi connectivity index (χ1) is 10.6. The summed E-state index contributed by atoms with van der Waals surface area (Å²) in [5.41, 5.74) is 1.32. The molecule has 6 nitrogen and oxygen atoms in total. The van der Waals surface area contributed by atoms with Crippen LogP contribution in [0.15, 0.2) is 30.6 Å².